The minimum Gasteiger partial charge on any atom is -0.342 e. The van der Waals surface area contributed by atoms with E-state index in [-0.39, 0.29) is 36.0 Å². The summed E-state index contributed by atoms with van der Waals surface area (Å²) in [6.45, 7) is 3.40. The summed E-state index contributed by atoms with van der Waals surface area (Å²) in [5.74, 6) is -0.465. The molecular weight excluding hydrogens is 432 g/mol. The molecule has 1 atom stereocenters. The fourth-order valence-electron chi connectivity index (χ4n) is 4.12. The second-order valence-corrected chi connectivity index (χ2v) is 9.72. The summed E-state index contributed by atoms with van der Waals surface area (Å²) in [5.41, 5.74) is 1.73. The van der Waals surface area contributed by atoms with E-state index >= 15 is 0 Å². The third-order valence-corrected chi connectivity index (χ3v) is 7.50. The SMILES string of the molecule is CSc1ccc(N2CC(C(=O)N3CCC(C(=O)Nc4nc(C)cs4)CC3)CC2=O)cc1. The van der Waals surface area contributed by atoms with E-state index in [9.17, 15) is 14.4 Å². The molecule has 3 amide bonds. The van der Waals surface area contributed by atoms with Gasteiger partial charge in [-0.2, -0.15) is 0 Å². The van der Waals surface area contributed by atoms with Crippen molar-refractivity contribution in [2.75, 3.05) is 36.1 Å². The van der Waals surface area contributed by atoms with Crippen LogP contribution < -0.4 is 10.2 Å². The largest absolute Gasteiger partial charge is 0.342 e. The van der Waals surface area contributed by atoms with Gasteiger partial charge in [0.2, 0.25) is 17.7 Å². The summed E-state index contributed by atoms with van der Waals surface area (Å²) in [5, 5.41) is 5.41. The van der Waals surface area contributed by atoms with Crippen LogP contribution in [0.2, 0.25) is 0 Å². The molecule has 164 valence electrons. The van der Waals surface area contributed by atoms with Crippen molar-refractivity contribution in [1.29, 1.82) is 0 Å². The van der Waals surface area contributed by atoms with Crippen molar-refractivity contribution in [2.24, 2.45) is 11.8 Å². The average molecular weight is 459 g/mol. The second-order valence-electron chi connectivity index (χ2n) is 7.99. The highest BCUT2D eigenvalue weighted by molar-refractivity contribution is 7.98. The van der Waals surface area contributed by atoms with E-state index in [1.165, 1.54) is 11.3 Å². The Labute approximate surface area is 190 Å². The number of thiazole rings is 1. The number of carbonyl (C=O) groups is 3. The Kier molecular flexibility index (Phi) is 6.62. The van der Waals surface area contributed by atoms with Crippen LogP contribution in [-0.4, -0.2) is 53.5 Å². The minimum atomic E-state index is -0.323. The summed E-state index contributed by atoms with van der Waals surface area (Å²) in [7, 11) is 0. The molecule has 31 heavy (non-hydrogen) atoms. The van der Waals surface area contributed by atoms with Gasteiger partial charge in [0.1, 0.15) is 0 Å². The number of aromatic nitrogens is 1. The number of anilines is 2. The number of amides is 3. The molecule has 9 heteroatoms. The highest BCUT2D eigenvalue weighted by Crippen LogP contribution is 2.29. The Morgan fingerprint density at radius 3 is 2.48 bits per heavy atom. The van der Waals surface area contributed by atoms with Crippen molar-refractivity contribution in [3.63, 3.8) is 0 Å². The molecule has 3 heterocycles. The Hall–Kier alpha value is -2.39. The smallest absolute Gasteiger partial charge is 0.229 e. The van der Waals surface area contributed by atoms with Crippen LogP contribution in [0.4, 0.5) is 10.8 Å². The van der Waals surface area contributed by atoms with Gasteiger partial charge in [0.25, 0.3) is 0 Å². The van der Waals surface area contributed by atoms with Gasteiger partial charge < -0.3 is 15.1 Å². The molecule has 2 aliphatic heterocycles. The van der Waals surface area contributed by atoms with Gasteiger partial charge in [-0.05, 0) is 50.3 Å². The number of aryl methyl sites for hydroxylation is 1. The molecule has 0 radical (unpaired) electrons. The van der Waals surface area contributed by atoms with Crippen molar-refractivity contribution in [3.8, 4) is 0 Å². The van der Waals surface area contributed by atoms with Crippen LogP contribution >= 0.6 is 23.1 Å². The van der Waals surface area contributed by atoms with Crippen LogP contribution in [-0.2, 0) is 14.4 Å². The van der Waals surface area contributed by atoms with Crippen LogP contribution in [0.3, 0.4) is 0 Å². The molecule has 0 spiro atoms. The maximum atomic E-state index is 13.0. The molecule has 4 rings (SSSR count). The van der Waals surface area contributed by atoms with Crippen molar-refractivity contribution >= 4 is 51.6 Å². The lowest BCUT2D eigenvalue weighted by Gasteiger charge is -2.32. The molecule has 1 aromatic carbocycles. The highest BCUT2D eigenvalue weighted by Gasteiger charge is 2.38. The predicted octanol–water partition coefficient (Wildman–Crippen LogP) is 3.40. The standard InChI is InChI=1S/C22H26N4O3S2/c1-14-13-31-22(23-14)24-20(28)15-7-9-25(10-8-15)21(29)16-11-19(27)26(12-16)17-3-5-18(30-2)6-4-17/h3-6,13,15-16H,7-12H2,1-2H3,(H,23,24,28). The predicted molar refractivity (Wildman–Crippen MR) is 123 cm³/mol. The number of hydrogen-bond acceptors (Lipinski definition) is 6. The molecule has 2 aromatic rings. The van der Waals surface area contributed by atoms with Crippen molar-refractivity contribution in [3.05, 3.63) is 35.3 Å². The minimum absolute atomic E-state index is 0.0109. The molecule has 0 aliphatic carbocycles. The molecule has 2 aliphatic rings. The molecule has 1 N–H and O–H groups in total. The summed E-state index contributed by atoms with van der Waals surface area (Å²) < 4.78 is 0. The fraction of sp³-hybridized carbons (Fsp3) is 0.455. The molecule has 1 unspecified atom stereocenters. The first-order chi connectivity index (χ1) is 14.9. The van der Waals surface area contributed by atoms with Gasteiger partial charge in [0.05, 0.1) is 11.6 Å². The molecule has 2 saturated heterocycles. The number of likely N-dealkylation sites (tertiary alicyclic amines) is 1. The van der Waals surface area contributed by atoms with Crippen LogP contribution in [0.25, 0.3) is 0 Å². The van der Waals surface area contributed by atoms with E-state index < -0.39 is 0 Å². The average Bonchev–Trinajstić information content (AvgIpc) is 3.38. The third kappa shape index (κ3) is 4.93. The molecule has 1 aromatic heterocycles. The number of piperidine rings is 1. The number of nitrogens with zero attached hydrogens (tertiary/aromatic N) is 3. The van der Waals surface area contributed by atoms with Gasteiger partial charge in [0, 0.05) is 47.9 Å². The number of rotatable bonds is 5. The number of hydrogen-bond donors (Lipinski definition) is 1. The molecular formula is C22H26N4O3S2. The van der Waals surface area contributed by atoms with Crippen LogP contribution in [0.15, 0.2) is 34.5 Å². The van der Waals surface area contributed by atoms with Gasteiger partial charge in [0.15, 0.2) is 5.13 Å². The van der Waals surface area contributed by atoms with Gasteiger partial charge >= 0.3 is 0 Å². The van der Waals surface area contributed by atoms with Gasteiger partial charge in [-0.3, -0.25) is 14.4 Å². The molecule has 0 bridgehead atoms. The van der Waals surface area contributed by atoms with E-state index in [2.05, 4.69) is 10.3 Å². The second kappa shape index (κ2) is 9.40. The van der Waals surface area contributed by atoms with E-state index in [1.54, 1.807) is 16.7 Å². The lowest BCUT2D eigenvalue weighted by atomic mass is 9.94. The van der Waals surface area contributed by atoms with E-state index in [1.807, 2.05) is 47.7 Å². The van der Waals surface area contributed by atoms with Gasteiger partial charge in [-0.1, -0.05) is 0 Å². The van der Waals surface area contributed by atoms with Crippen molar-refractivity contribution in [2.45, 2.75) is 31.1 Å². The number of carbonyl (C=O) groups excluding carboxylic acids is 3. The Morgan fingerprint density at radius 1 is 1.16 bits per heavy atom. The molecule has 7 nitrogen and oxygen atoms in total. The van der Waals surface area contributed by atoms with Crippen molar-refractivity contribution in [1.82, 2.24) is 9.88 Å². The van der Waals surface area contributed by atoms with Crippen molar-refractivity contribution < 1.29 is 14.4 Å². The number of benzene rings is 1. The van der Waals surface area contributed by atoms with Gasteiger partial charge in [-0.25, -0.2) is 4.98 Å². The first-order valence-electron chi connectivity index (χ1n) is 10.4. The first-order valence-corrected chi connectivity index (χ1v) is 12.5. The maximum Gasteiger partial charge on any atom is 0.229 e. The van der Waals surface area contributed by atoms with Crippen LogP contribution in [0.5, 0.6) is 0 Å². The summed E-state index contributed by atoms with van der Waals surface area (Å²) in [6.07, 6.45) is 3.51. The first kappa shape index (κ1) is 21.8. The zero-order valence-electron chi connectivity index (χ0n) is 17.7. The monoisotopic (exact) mass is 458 g/mol. The lowest BCUT2D eigenvalue weighted by Crippen LogP contribution is -2.44. The number of nitrogens with one attached hydrogen (secondary N) is 1. The zero-order valence-corrected chi connectivity index (χ0v) is 19.3. The fourth-order valence-corrected chi connectivity index (χ4v) is 5.22. The van der Waals surface area contributed by atoms with Crippen LogP contribution in [0, 0.1) is 18.8 Å². The maximum absolute atomic E-state index is 13.0. The summed E-state index contributed by atoms with van der Waals surface area (Å²) in [4.78, 5) is 47.0. The van der Waals surface area contributed by atoms with E-state index in [0.717, 1.165) is 16.3 Å². The summed E-state index contributed by atoms with van der Waals surface area (Å²) >= 11 is 3.07. The van der Waals surface area contributed by atoms with Gasteiger partial charge in [-0.15, -0.1) is 23.1 Å². The Balaban J connectivity index is 1.30. The highest BCUT2D eigenvalue weighted by atomic mass is 32.2. The topological polar surface area (TPSA) is 82.6 Å². The Morgan fingerprint density at radius 2 is 1.87 bits per heavy atom. The molecule has 0 saturated carbocycles. The third-order valence-electron chi connectivity index (χ3n) is 5.88. The lowest BCUT2D eigenvalue weighted by molar-refractivity contribution is -0.138. The quantitative estimate of drug-likeness (QED) is 0.695. The number of thioether (sulfide) groups is 1. The Bertz CT molecular complexity index is 967. The van der Waals surface area contributed by atoms with E-state index in [0.29, 0.717) is 37.6 Å². The normalized spacial score (nSPS) is 19.7. The van der Waals surface area contributed by atoms with Crippen LogP contribution in [0.1, 0.15) is 25.0 Å². The van der Waals surface area contributed by atoms with E-state index in [4.69, 9.17) is 0 Å². The zero-order chi connectivity index (χ0) is 22.0. The molecule has 2 fully saturated rings. The summed E-state index contributed by atoms with van der Waals surface area (Å²) in [6, 6.07) is 7.85.